The summed E-state index contributed by atoms with van der Waals surface area (Å²) in [4.78, 5) is 16.2. The first kappa shape index (κ1) is 15.4. The van der Waals surface area contributed by atoms with Crippen LogP contribution in [0.1, 0.15) is 20.3 Å². The average molecular weight is 258 g/mol. The minimum atomic E-state index is 0.109. The molecule has 1 saturated heterocycles. The molecule has 0 aromatic heterocycles. The van der Waals surface area contributed by atoms with Crippen molar-refractivity contribution in [2.45, 2.75) is 26.4 Å². The van der Waals surface area contributed by atoms with Crippen LogP contribution in [0.5, 0.6) is 0 Å². The molecule has 5 nitrogen and oxygen atoms in total. The van der Waals surface area contributed by atoms with Gasteiger partial charge in [0.2, 0.25) is 5.91 Å². The van der Waals surface area contributed by atoms with Crippen molar-refractivity contribution in [3.63, 3.8) is 0 Å². The van der Waals surface area contributed by atoms with Gasteiger partial charge in [0.1, 0.15) is 6.61 Å². The van der Waals surface area contributed by atoms with E-state index in [0.29, 0.717) is 0 Å². The highest BCUT2D eigenvalue weighted by Gasteiger charge is 2.19. The Morgan fingerprint density at radius 3 is 2.67 bits per heavy atom. The first-order chi connectivity index (χ1) is 8.63. The zero-order valence-electron chi connectivity index (χ0n) is 11.9. The quantitative estimate of drug-likeness (QED) is 0.699. The van der Waals surface area contributed by atoms with Crippen LogP contribution in [0.25, 0.3) is 0 Å². The molecule has 0 atom stereocenters. The monoisotopic (exact) mass is 258 g/mol. The second-order valence-corrected chi connectivity index (χ2v) is 4.93. The molecule has 1 fully saturated rings. The molecule has 1 aliphatic rings. The van der Waals surface area contributed by atoms with E-state index < -0.39 is 0 Å². The summed E-state index contributed by atoms with van der Waals surface area (Å²) in [5.74, 6) is 0.109. The molecule has 0 radical (unpaired) electrons. The number of rotatable bonds is 6. The molecule has 0 aromatic carbocycles. The van der Waals surface area contributed by atoms with E-state index >= 15 is 0 Å². The number of hydrogen-bond acceptors (Lipinski definition) is 4. The van der Waals surface area contributed by atoms with Gasteiger partial charge >= 0.3 is 0 Å². The van der Waals surface area contributed by atoms with E-state index in [4.69, 9.17) is 9.47 Å². The maximum Gasteiger partial charge on any atom is 0.248 e. The summed E-state index contributed by atoms with van der Waals surface area (Å²) in [6.45, 7) is 9.40. The number of carbonyl (C=O) groups excluding carboxylic acids is 1. The zero-order chi connectivity index (χ0) is 13.4. The van der Waals surface area contributed by atoms with Gasteiger partial charge in [-0.15, -0.1) is 0 Å². The van der Waals surface area contributed by atoms with Crippen LogP contribution in [0, 0.1) is 0 Å². The van der Waals surface area contributed by atoms with Crippen molar-refractivity contribution >= 4 is 5.91 Å². The Bertz CT molecular complexity index is 246. The van der Waals surface area contributed by atoms with Crippen molar-refractivity contribution < 1.29 is 14.3 Å². The van der Waals surface area contributed by atoms with Gasteiger partial charge in [-0.2, -0.15) is 0 Å². The fourth-order valence-corrected chi connectivity index (χ4v) is 1.99. The van der Waals surface area contributed by atoms with Gasteiger partial charge in [-0.3, -0.25) is 9.69 Å². The van der Waals surface area contributed by atoms with E-state index in [-0.39, 0.29) is 18.6 Å². The number of amides is 1. The van der Waals surface area contributed by atoms with E-state index in [9.17, 15) is 4.79 Å². The van der Waals surface area contributed by atoms with Crippen molar-refractivity contribution in [1.82, 2.24) is 9.80 Å². The fourth-order valence-electron chi connectivity index (χ4n) is 1.99. The summed E-state index contributed by atoms with van der Waals surface area (Å²) in [5.41, 5.74) is 0. The van der Waals surface area contributed by atoms with Gasteiger partial charge < -0.3 is 14.4 Å². The molecule has 0 spiro atoms. The van der Waals surface area contributed by atoms with Crippen LogP contribution in [0.3, 0.4) is 0 Å². The maximum atomic E-state index is 11.9. The molecule has 1 amide bonds. The zero-order valence-corrected chi connectivity index (χ0v) is 11.9. The highest BCUT2D eigenvalue weighted by Crippen LogP contribution is 2.04. The molecule has 0 unspecified atom stereocenters. The van der Waals surface area contributed by atoms with E-state index in [0.717, 1.165) is 45.8 Å². The lowest BCUT2D eigenvalue weighted by atomic mass is 10.3. The van der Waals surface area contributed by atoms with Crippen LogP contribution in [0.15, 0.2) is 0 Å². The van der Waals surface area contributed by atoms with E-state index in [1.807, 2.05) is 18.7 Å². The number of ether oxygens (including phenoxy) is 2. The minimum Gasteiger partial charge on any atom is -0.383 e. The molecule has 5 heteroatoms. The lowest BCUT2D eigenvalue weighted by Gasteiger charge is -2.22. The maximum absolute atomic E-state index is 11.9. The first-order valence-corrected chi connectivity index (χ1v) is 6.74. The number of hydrogen-bond donors (Lipinski definition) is 0. The topological polar surface area (TPSA) is 42.0 Å². The van der Waals surface area contributed by atoms with Gasteiger partial charge in [0.25, 0.3) is 0 Å². The minimum absolute atomic E-state index is 0.109. The Labute approximate surface area is 110 Å². The molecule has 0 aromatic rings. The van der Waals surface area contributed by atoms with Crippen LogP contribution in [0.4, 0.5) is 0 Å². The Hall–Kier alpha value is -0.650. The summed E-state index contributed by atoms with van der Waals surface area (Å²) in [7, 11) is 1.72. The lowest BCUT2D eigenvalue weighted by Crippen LogP contribution is -2.38. The molecule has 18 heavy (non-hydrogen) atoms. The number of carbonyl (C=O) groups is 1. The van der Waals surface area contributed by atoms with Gasteiger partial charge in [-0.05, 0) is 26.8 Å². The van der Waals surface area contributed by atoms with Gasteiger partial charge in [-0.1, -0.05) is 0 Å². The molecule has 0 aliphatic carbocycles. The fraction of sp³-hybridized carbons (Fsp3) is 0.923. The van der Waals surface area contributed by atoms with E-state index in [1.165, 1.54) is 0 Å². The van der Waals surface area contributed by atoms with Crippen molar-refractivity contribution in [1.29, 1.82) is 0 Å². The molecule has 1 aliphatic heterocycles. The predicted molar refractivity (Wildman–Crippen MR) is 70.6 cm³/mol. The smallest absolute Gasteiger partial charge is 0.248 e. The Morgan fingerprint density at radius 2 is 2.00 bits per heavy atom. The second kappa shape index (κ2) is 8.45. The first-order valence-electron chi connectivity index (χ1n) is 6.74. The summed E-state index contributed by atoms with van der Waals surface area (Å²) in [5, 5.41) is 0. The number of methoxy groups -OCH3 is 1. The summed E-state index contributed by atoms with van der Waals surface area (Å²) in [6, 6.07) is 0. The highest BCUT2D eigenvalue weighted by atomic mass is 16.5. The van der Waals surface area contributed by atoms with Crippen LogP contribution >= 0.6 is 0 Å². The molecule has 1 rings (SSSR count). The summed E-state index contributed by atoms with van der Waals surface area (Å²) >= 11 is 0. The molecule has 106 valence electrons. The van der Waals surface area contributed by atoms with Crippen LogP contribution in [-0.2, 0) is 14.3 Å². The van der Waals surface area contributed by atoms with E-state index in [2.05, 4.69) is 4.90 Å². The molecule has 1 heterocycles. The third-order valence-electron chi connectivity index (χ3n) is 3.09. The molecule has 0 bridgehead atoms. The van der Waals surface area contributed by atoms with Crippen LogP contribution < -0.4 is 0 Å². The van der Waals surface area contributed by atoms with Crippen molar-refractivity contribution in [2.75, 3.05) is 53.0 Å². The normalized spacial score (nSPS) is 18.1. The highest BCUT2D eigenvalue weighted by molar-refractivity contribution is 5.77. The van der Waals surface area contributed by atoms with Gasteiger partial charge in [0, 0.05) is 33.3 Å². The molecular weight excluding hydrogens is 232 g/mol. The molecule has 0 saturated carbocycles. The van der Waals surface area contributed by atoms with Gasteiger partial charge in [-0.25, -0.2) is 0 Å². The third kappa shape index (κ3) is 5.80. The number of nitrogens with zero attached hydrogens (tertiary/aromatic N) is 2. The van der Waals surface area contributed by atoms with Crippen LogP contribution in [0.2, 0.25) is 0 Å². The van der Waals surface area contributed by atoms with Crippen molar-refractivity contribution in [2.24, 2.45) is 0 Å². The Balaban J connectivity index is 2.29. The SMILES string of the molecule is COCCN1CCCN(C(=O)COC(C)C)CC1. The average Bonchev–Trinajstić information content (AvgIpc) is 2.58. The second-order valence-electron chi connectivity index (χ2n) is 4.93. The lowest BCUT2D eigenvalue weighted by molar-refractivity contribution is -0.137. The largest absolute Gasteiger partial charge is 0.383 e. The van der Waals surface area contributed by atoms with E-state index in [1.54, 1.807) is 7.11 Å². The van der Waals surface area contributed by atoms with Gasteiger partial charge in [0.05, 0.1) is 12.7 Å². The Morgan fingerprint density at radius 1 is 1.22 bits per heavy atom. The molecule has 0 N–H and O–H groups in total. The van der Waals surface area contributed by atoms with Crippen molar-refractivity contribution in [3.8, 4) is 0 Å². The summed E-state index contributed by atoms with van der Waals surface area (Å²) in [6.07, 6.45) is 1.14. The van der Waals surface area contributed by atoms with Crippen LogP contribution in [-0.4, -0.2) is 74.9 Å². The van der Waals surface area contributed by atoms with Crippen molar-refractivity contribution in [3.05, 3.63) is 0 Å². The predicted octanol–water partition coefficient (Wildman–Crippen LogP) is 0.592. The molecular formula is C13H26N2O3. The third-order valence-corrected chi connectivity index (χ3v) is 3.09. The summed E-state index contributed by atoms with van der Waals surface area (Å²) < 4.78 is 10.4. The standard InChI is InChI=1S/C13H26N2O3/c1-12(2)18-11-13(16)15-6-4-5-14(7-8-15)9-10-17-3/h12H,4-11H2,1-3H3. The Kier molecular flexibility index (Phi) is 7.23. The van der Waals surface area contributed by atoms with Gasteiger partial charge in [0.15, 0.2) is 0 Å².